The van der Waals surface area contributed by atoms with Gasteiger partial charge in [0.05, 0.1) is 25.4 Å². The number of benzene rings is 2. The minimum atomic E-state index is -0.918. The molecule has 4 aromatic rings. The Morgan fingerprint density at radius 1 is 1.11 bits per heavy atom. The van der Waals surface area contributed by atoms with E-state index < -0.39 is 5.97 Å². The molecule has 2 aromatic carbocycles. The van der Waals surface area contributed by atoms with E-state index in [-0.39, 0.29) is 12.2 Å². The lowest BCUT2D eigenvalue weighted by Gasteiger charge is -2.29. The third kappa shape index (κ3) is 5.84. The van der Waals surface area contributed by atoms with E-state index >= 15 is 0 Å². The fraction of sp³-hybridized carbons (Fsp3) is 0.419. The highest BCUT2D eigenvalue weighted by Gasteiger charge is 2.24. The second kappa shape index (κ2) is 11.5. The first kappa shape index (κ1) is 26.2. The maximum atomic E-state index is 11.9. The molecular formula is C31H36N2O5. The predicted octanol–water partition coefficient (Wildman–Crippen LogP) is 6.72. The lowest BCUT2D eigenvalue weighted by molar-refractivity contribution is -0.0523. The SMILES string of the molecule is CCc1ccc2c(c1)cc(C(=O)O)n2CCO[C@@H]1CCC[C@H](OCc2nc(-c3cccc(C)c3)oc2C)C1. The van der Waals surface area contributed by atoms with Gasteiger partial charge >= 0.3 is 5.97 Å². The van der Waals surface area contributed by atoms with Crippen molar-refractivity contribution in [3.8, 4) is 11.5 Å². The van der Waals surface area contributed by atoms with E-state index in [2.05, 4.69) is 43.1 Å². The van der Waals surface area contributed by atoms with Crippen molar-refractivity contribution in [3.63, 3.8) is 0 Å². The Bertz CT molecular complexity index is 1420. The molecule has 1 N–H and O–H groups in total. The second-order valence-electron chi connectivity index (χ2n) is 10.2. The Kier molecular flexibility index (Phi) is 7.95. The van der Waals surface area contributed by atoms with Crippen LogP contribution in [0.5, 0.6) is 0 Å². The zero-order valence-corrected chi connectivity index (χ0v) is 22.4. The van der Waals surface area contributed by atoms with Gasteiger partial charge in [0.15, 0.2) is 0 Å². The highest BCUT2D eigenvalue weighted by molar-refractivity contribution is 5.94. The van der Waals surface area contributed by atoms with Gasteiger partial charge in [0, 0.05) is 23.0 Å². The fourth-order valence-corrected chi connectivity index (χ4v) is 5.33. The highest BCUT2D eigenvalue weighted by atomic mass is 16.5. The molecule has 1 aliphatic carbocycles. The molecule has 0 aliphatic heterocycles. The third-order valence-electron chi connectivity index (χ3n) is 7.45. The lowest BCUT2D eigenvalue weighted by Crippen LogP contribution is -2.29. The molecule has 0 saturated heterocycles. The van der Waals surface area contributed by atoms with Crippen molar-refractivity contribution < 1.29 is 23.8 Å². The number of nitrogens with zero attached hydrogens (tertiary/aromatic N) is 2. The summed E-state index contributed by atoms with van der Waals surface area (Å²) in [6.07, 6.45) is 4.94. The largest absolute Gasteiger partial charge is 0.477 e. The average Bonchev–Trinajstić information content (AvgIpc) is 3.47. The van der Waals surface area contributed by atoms with E-state index in [9.17, 15) is 9.90 Å². The molecule has 2 aromatic heterocycles. The van der Waals surface area contributed by atoms with E-state index in [0.29, 0.717) is 31.3 Å². The van der Waals surface area contributed by atoms with Gasteiger partial charge in [-0.3, -0.25) is 0 Å². The van der Waals surface area contributed by atoms with Gasteiger partial charge in [-0.25, -0.2) is 9.78 Å². The van der Waals surface area contributed by atoms with Crippen molar-refractivity contribution in [2.45, 2.75) is 78.2 Å². The minimum Gasteiger partial charge on any atom is -0.477 e. The summed E-state index contributed by atoms with van der Waals surface area (Å²) in [6, 6.07) is 16.0. The zero-order chi connectivity index (χ0) is 26.6. The van der Waals surface area contributed by atoms with Crippen LogP contribution in [0.25, 0.3) is 22.4 Å². The normalized spacial score (nSPS) is 17.8. The number of carboxylic acids is 1. The molecular weight excluding hydrogens is 480 g/mol. The smallest absolute Gasteiger partial charge is 0.352 e. The van der Waals surface area contributed by atoms with Gasteiger partial charge in [0.25, 0.3) is 0 Å². The van der Waals surface area contributed by atoms with Gasteiger partial charge in [-0.1, -0.05) is 30.7 Å². The summed E-state index contributed by atoms with van der Waals surface area (Å²) in [5, 5.41) is 10.7. The first-order valence-electron chi connectivity index (χ1n) is 13.5. The van der Waals surface area contributed by atoms with Crippen LogP contribution in [0.4, 0.5) is 0 Å². The van der Waals surface area contributed by atoms with Gasteiger partial charge in [0.1, 0.15) is 17.1 Å². The molecule has 2 heterocycles. The van der Waals surface area contributed by atoms with E-state index in [1.165, 1.54) is 11.1 Å². The van der Waals surface area contributed by atoms with Gasteiger partial charge in [-0.05, 0) is 81.8 Å². The number of carbonyl (C=O) groups is 1. The van der Waals surface area contributed by atoms with Gasteiger partial charge in [-0.2, -0.15) is 0 Å². The van der Waals surface area contributed by atoms with Crippen molar-refractivity contribution in [1.82, 2.24) is 9.55 Å². The first-order valence-corrected chi connectivity index (χ1v) is 13.5. The average molecular weight is 517 g/mol. The number of ether oxygens (including phenoxy) is 2. The quantitative estimate of drug-likeness (QED) is 0.252. The molecule has 7 heteroatoms. The maximum absolute atomic E-state index is 11.9. The van der Waals surface area contributed by atoms with Crippen molar-refractivity contribution in [1.29, 1.82) is 0 Å². The van der Waals surface area contributed by atoms with Crippen LogP contribution < -0.4 is 0 Å². The first-order chi connectivity index (χ1) is 18.4. The van der Waals surface area contributed by atoms with Gasteiger partial charge in [0.2, 0.25) is 5.89 Å². The maximum Gasteiger partial charge on any atom is 0.352 e. The Morgan fingerprint density at radius 3 is 2.68 bits per heavy atom. The Morgan fingerprint density at radius 2 is 1.92 bits per heavy atom. The molecule has 0 unspecified atom stereocenters. The van der Waals surface area contributed by atoms with Crippen LogP contribution in [0.1, 0.15) is 65.7 Å². The van der Waals surface area contributed by atoms with E-state index in [1.54, 1.807) is 6.07 Å². The standard InChI is InChI=1S/C31H36N2O5/c1-4-22-11-12-28-24(16-22)17-29(31(34)35)33(28)13-14-36-25-9-6-10-26(18-25)37-19-27-21(3)38-30(32-27)23-8-5-7-20(2)15-23/h5,7-8,11-12,15-17,25-26H,4,6,9-10,13-14,18-19H2,1-3H3,(H,34,35)/t25-,26+/m1/s1. The number of carboxylic acid groups (broad SMARTS) is 1. The molecule has 0 spiro atoms. The number of hydrogen-bond donors (Lipinski definition) is 1. The lowest BCUT2D eigenvalue weighted by atomic mass is 9.95. The van der Waals surface area contributed by atoms with Gasteiger partial charge in [-0.15, -0.1) is 0 Å². The number of fused-ring (bicyclic) bond motifs is 1. The summed E-state index contributed by atoms with van der Waals surface area (Å²) in [5.74, 6) is 0.488. The number of rotatable bonds is 10. The molecule has 0 amide bonds. The van der Waals surface area contributed by atoms with Crippen LogP contribution in [-0.4, -0.2) is 39.4 Å². The number of hydrogen-bond acceptors (Lipinski definition) is 5. The van der Waals surface area contributed by atoms with Crippen LogP contribution in [0.3, 0.4) is 0 Å². The highest BCUT2D eigenvalue weighted by Crippen LogP contribution is 2.27. The number of aromatic nitrogens is 2. The molecule has 38 heavy (non-hydrogen) atoms. The van der Waals surface area contributed by atoms with Gasteiger partial charge < -0.3 is 23.6 Å². The monoisotopic (exact) mass is 516 g/mol. The van der Waals surface area contributed by atoms with E-state index in [4.69, 9.17) is 13.9 Å². The Balaban J connectivity index is 1.16. The molecule has 1 aliphatic rings. The number of oxazole rings is 1. The zero-order valence-electron chi connectivity index (χ0n) is 22.4. The van der Waals surface area contributed by atoms with Crippen molar-refractivity contribution >= 4 is 16.9 Å². The van der Waals surface area contributed by atoms with Crippen molar-refractivity contribution in [2.24, 2.45) is 0 Å². The third-order valence-corrected chi connectivity index (χ3v) is 7.45. The molecule has 0 radical (unpaired) electrons. The van der Waals surface area contributed by atoms with Crippen LogP contribution in [-0.2, 0) is 29.0 Å². The fourth-order valence-electron chi connectivity index (χ4n) is 5.33. The van der Waals surface area contributed by atoms with Crippen LogP contribution in [0, 0.1) is 13.8 Å². The molecule has 1 saturated carbocycles. The second-order valence-corrected chi connectivity index (χ2v) is 10.2. The molecule has 2 atom stereocenters. The minimum absolute atomic E-state index is 0.0943. The van der Waals surface area contributed by atoms with Crippen molar-refractivity contribution in [3.05, 3.63) is 76.8 Å². The molecule has 200 valence electrons. The molecule has 1 fully saturated rings. The van der Waals surface area contributed by atoms with Crippen LogP contribution >= 0.6 is 0 Å². The number of aryl methyl sites for hydroxylation is 3. The summed E-state index contributed by atoms with van der Waals surface area (Å²) in [5.41, 5.74) is 5.40. The summed E-state index contributed by atoms with van der Waals surface area (Å²) in [4.78, 5) is 16.6. The summed E-state index contributed by atoms with van der Waals surface area (Å²) < 4.78 is 20.3. The van der Waals surface area contributed by atoms with Crippen LogP contribution in [0.2, 0.25) is 0 Å². The summed E-state index contributed by atoms with van der Waals surface area (Å²) in [6.45, 7) is 7.45. The summed E-state index contributed by atoms with van der Waals surface area (Å²) >= 11 is 0. The predicted molar refractivity (Wildman–Crippen MR) is 146 cm³/mol. The Labute approximate surface area is 223 Å². The molecule has 7 nitrogen and oxygen atoms in total. The van der Waals surface area contributed by atoms with E-state index in [0.717, 1.165) is 60.0 Å². The van der Waals surface area contributed by atoms with E-state index in [1.807, 2.05) is 29.7 Å². The Hall–Kier alpha value is -3.42. The molecule has 0 bridgehead atoms. The van der Waals surface area contributed by atoms with Crippen molar-refractivity contribution in [2.75, 3.05) is 6.61 Å². The summed E-state index contributed by atoms with van der Waals surface area (Å²) in [7, 11) is 0. The number of aromatic carboxylic acids is 1. The topological polar surface area (TPSA) is 86.7 Å². The molecule has 5 rings (SSSR count). The van der Waals surface area contributed by atoms with Crippen LogP contribution in [0.15, 0.2) is 52.9 Å².